The Morgan fingerprint density at radius 2 is 1.97 bits per heavy atom. The summed E-state index contributed by atoms with van der Waals surface area (Å²) in [6, 6.07) is 10.9. The van der Waals surface area contributed by atoms with Gasteiger partial charge in [-0.3, -0.25) is 4.90 Å². The van der Waals surface area contributed by atoms with Crippen molar-refractivity contribution in [3.8, 4) is 11.5 Å². The van der Waals surface area contributed by atoms with Crippen LogP contribution in [0.25, 0.3) is 0 Å². The SMILES string of the molecule is COC(=O)C1=C(C)N(c2ccc3c(c2)OCCO3)C(=S)N[C@H]1c1cccc(F)c1. The van der Waals surface area contributed by atoms with Crippen molar-refractivity contribution in [3.05, 3.63) is 65.1 Å². The second-order valence-electron chi connectivity index (χ2n) is 6.59. The fourth-order valence-corrected chi connectivity index (χ4v) is 3.90. The monoisotopic (exact) mass is 414 g/mol. The largest absolute Gasteiger partial charge is 0.486 e. The van der Waals surface area contributed by atoms with E-state index in [4.69, 9.17) is 26.4 Å². The van der Waals surface area contributed by atoms with Gasteiger partial charge in [0.25, 0.3) is 0 Å². The summed E-state index contributed by atoms with van der Waals surface area (Å²) in [6.07, 6.45) is 0. The minimum absolute atomic E-state index is 0.349. The number of hydrogen-bond acceptors (Lipinski definition) is 5. The molecular weight excluding hydrogens is 395 g/mol. The van der Waals surface area contributed by atoms with Gasteiger partial charge in [-0.1, -0.05) is 12.1 Å². The molecule has 0 bridgehead atoms. The van der Waals surface area contributed by atoms with Crippen LogP contribution in [0.2, 0.25) is 0 Å². The number of fused-ring (bicyclic) bond motifs is 1. The van der Waals surface area contributed by atoms with Crippen LogP contribution in [0.1, 0.15) is 18.5 Å². The van der Waals surface area contributed by atoms with E-state index in [0.29, 0.717) is 52.3 Å². The van der Waals surface area contributed by atoms with Crippen molar-refractivity contribution in [1.82, 2.24) is 5.32 Å². The zero-order valence-electron chi connectivity index (χ0n) is 15.9. The number of halogens is 1. The summed E-state index contributed by atoms with van der Waals surface area (Å²) in [7, 11) is 1.31. The van der Waals surface area contributed by atoms with Gasteiger partial charge >= 0.3 is 5.97 Å². The van der Waals surface area contributed by atoms with Crippen LogP contribution >= 0.6 is 12.2 Å². The lowest BCUT2D eigenvalue weighted by molar-refractivity contribution is -0.136. The van der Waals surface area contributed by atoms with Crippen molar-refractivity contribution in [2.24, 2.45) is 0 Å². The molecule has 6 nitrogen and oxygen atoms in total. The third kappa shape index (κ3) is 3.51. The first kappa shape index (κ1) is 19.2. The summed E-state index contributed by atoms with van der Waals surface area (Å²) >= 11 is 5.59. The molecule has 4 rings (SSSR count). The van der Waals surface area contributed by atoms with E-state index < -0.39 is 17.8 Å². The van der Waals surface area contributed by atoms with Gasteiger partial charge in [-0.15, -0.1) is 0 Å². The van der Waals surface area contributed by atoms with E-state index in [1.165, 1.54) is 19.2 Å². The average Bonchev–Trinajstić information content (AvgIpc) is 2.72. The van der Waals surface area contributed by atoms with Crippen LogP contribution in [-0.4, -0.2) is 31.4 Å². The molecule has 2 aromatic carbocycles. The van der Waals surface area contributed by atoms with Gasteiger partial charge < -0.3 is 19.5 Å². The van der Waals surface area contributed by atoms with E-state index in [1.807, 2.05) is 12.1 Å². The topological polar surface area (TPSA) is 60.0 Å². The molecule has 0 aliphatic carbocycles. The quantitative estimate of drug-likeness (QED) is 0.610. The van der Waals surface area contributed by atoms with Crippen LogP contribution in [0.15, 0.2) is 53.7 Å². The van der Waals surface area contributed by atoms with Gasteiger partial charge in [-0.05, 0) is 49.0 Å². The molecule has 0 unspecified atom stereocenters. The van der Waals surface area contributed by atoms with Crippen molar-refractivity contribution >= 4 is 29.0 Å². The highest BCUT2D eigenvalue weighted by Gasteiger charge is 2.35. The molecule has 29 heavy (non-hydrogen) atoms. The normalized spacial score (nSPS) is 18.4. The number of methoxy groups -OCH3 is 1. The molecule has 0 radical (unpaired) electrons. The maximum atomic E-state index is 13.8. The molecule has 0 saturated heterocycles. The number of carbonyl (C=O) groups excluding carboxylic acids is 1. The third-order valence-corrected chi connectivity index (χ3v) is 5.16. The van der Waals surface area contributed by atoms with Gasteiger partial charge in [0.05, 0.1) is 24.4 Å². The van der Waals surface area contributed by atoms with Gasteiger partial charge in [0.1, 0.15) is 19.0 Å². The first-order chi connectivity index (χ1) is 14.0. The summed E-state index contributed by atoms with van der Waals surface area (Å²) < 4.78 is 30.0. The van der Waals surface area contributed by atoms with Crippen LogP contribution in [0.3, 0.4) is 0 Å². The van der Waals surface area contributed by atoms with Crippen LogP contribution < -0.4 is 19.7 Å². The summed E-state index contributed by atoms with van der Waals surface area (Å²) in [4.78, 5) is 14.4. The van der Waals surface area contributed by atoms with E-state index in [9.17, 15) is 9.18 Å². The van der Waals surface area contributed by atoms with Crippen LogP contribution in [-0.2, 0) is 9.53 Å². The van der Waals surface area contributed by atoms with Crippen LogP contribution in [0.4, 0.5) is 10.1 Å². The Morgan fingerprint density at radius 3 is 2.69 bits per heavy atom. The molecule has 0 spiro atoms. The number of hydrogen-bond donors (Lipinski definition) is 1. The minimum Gasteiger partial charge on any atom is -0.486 e. The van der Waals surface area contributed by atoms with Crippen molar-refractivity contribution in [2.45, 2.75) is 13.0 Å². The maximum absolute atomic E-state index is 13.8. The Bertz CT molecular complexity index is 1020. The lowest BCUT2D eigenvalue weighted by Crippen LogP contribution is -2.48. The summed E-state index contributed by atoms with van der Waals surface area (Å²) in [5.41, 5.74) is 2.23. The van der Waals surface area contributed by atoms with Gasteiger partial charge in [-0.25, -0.2) is 9.18 Å². The number of carbonyl (C=O) groups is 1. The second kappa shape index (κ2) is 7.71. The molecule has 1 N–H and O–H groups in total. The molecule has 0 aromatic heterocycles. The number of anilines is 1. The lowest BCUT2D eigenvalue weighted by Gasteiger charge is -2.37. The molecule has 0 amide bonds. The molecule has 0 saturated carbocycles. The highest BCUT2D eigenvalue weighted by atomic mass is 32.1. The number of thiocarbonyl (C=S) groups is 1. The maximum Gasteiger partial charge on any atom is 0.337 e. The Hall–Kier alpha value is -3.13. The predicted molar refractivity (Wildman–Crippen MR) is 110 cm³/mol. The summed E-state index contributed by atoms with van der Waals surface area (Å²) in [5, 5.41) is 3.52. The molecule has 2 aromatic rings. The van der Waals surface area contributed by atoms with E-state index in [1.54, 1.807) is 30.0 Å². The smallest absolute Gasteiger partial charge is 0.337 e. The van der Waals surface area contributed by atoms with Gasteiger partial charge in [0.2, 0.25) is 0 Å². The zero-order valence-corrected chi connectivity index (χ0v) is 16.7. The molecule has 8 heteroatoms. The van der Waals surface area contributed by atoms with Crippen LogP contribution in [0, 0.1) is 5.82 Å². The van der Waals surface area contributed by atoms with Gasteiger partial charge in [0, 0.05) is 11.8 Å². The molecule has 2 heterocycles. The van der Waals surface area contributed by atoms with Crippen molar-refractivity contribution in [3.63, 3.8) is 0 Å². The first-order valence-corrected chi connectivity index (χ1v) is 9.45. The number of nitrogens with zero attached hydrogens (tertiary/aromatic N) is 1. The number of esters is 1. The molecule has 1 atom stereocenters. The second-order valence-corrected chi connectivity index (χ2v) is 6.98. The van der Waals surface area contributed by atoms with Crippen molar-refractivity contribution < 1.29 is 23.4 Å². The minimum atomic E-state index is -0.626. The Morgan fingerprint density at radius 1 is 1.21 bits per heavy atom. The van der Waals surface area contributed by atoms with E-state index in [0.717, 1.165) is 0 Å². The highest BCUT2D eigenvalue weighted by Crippen LogP contribution is 2.38. The number of nitrogens with one attached hydrogen (secondary N) is 1. The predicted octanol–water partition coefficient (Wildman–Crippen LogP) is 3.48. The summed E-state index contributed by atoms with van der Waals surface area (Å²) in [6.45, 7) is 2.74. The van der Waals surface area contributed by atoms with E-state index in [2.05, 4.69) is 5.32 Å². The van der Waals surface area contributed by atoms with Crippen LogP contribution in [0.5, 0.6) is 11.5 Å². The first-order valence-electron chi connectivity index (χ1n) is 9.04. The van der Waals surface area contributed by atoms with E-state index >= 15 is 0 Å². The molecule has 2 aliphatic heterocycles. The zero-order chi connectivity index (χ0) is 20.5. The Labute approximate surface area is 172 Å². The number of rotatable bonds is 3. The fraction of sp³-hybridized carbons (Fsp3) is 0.238. The van der Waals surface area contributed by atoms with E-state index in [-0.39, 0.29) is 0 Å². The number of benzene rings is 2. The molecule has 150 valence electrons. The molecule has 0 fully saturated rings. The average molecular weight is 414 g/mol. The Balaban J connectivity index is 1.81. The molecular formula is C21H19FN2O4S. The van der Waals surface area contributed by atoms with Gasteiger partial charge in [-0.2, -0.15) is 0 Å². The third-order valence-electron chi connectivity index (χ3n) is 4.86. The standard InChI is InChI=1S/C21H19FN2O4S/c1-12-18(20(25)26-2)19(13-4-3-5-14(22)10-13)23-21(29)24(12)15-6-7-16-17(11-15)28-9-8-27-16/h3-7,10-11,19H,8-9H2,1-2H3,(H,23,29)/t19-/m0/s1. The lowest BCUT2D eigenvalue weighted by atomic mass is 9.94. The number of allylic oxidation sites excluding steroid dienone is 1. The van der Waals surface area contributed by atoms with Gasteiger partial charge in [0.15, 0.2) is 16.6 Å². The summed E-state index contributed by atoms with van der Waals surface area (Å²) in [5.74, 6) is 0.347. The van der Waals surface area contributed by atoms with Crippen molar-refractivity contribution in [2.75, 3.05) is 25.2 Å². The highest BCUT2D eigenvalue weighted by molar-refractivity contribution is 7.80. The van der Waals surface area contributed by atoms with Crippen molar-refractivity contribution in [1.29, 1.82) is 0 Å². The number of ether oxygens (including phenoxy) is 3. The fourth-order valence-electron chi connectivity index (χ4n) is 3.54. The molecule has 2 aliphatic rings. The Kier molecular flexibility index (Phi) is 5.10.